The molecule has 4 rings (SSSR count). The van der Waals surface area contributed by atoms with Crippen LogP contribution in [0.4, 0.5) is 5.82 Å². The van der Waals surface area contributed by atoms with Gasteiger partial charge >= 0.3 is 0 Å². The molecule has 1 N–H and O–H groups in total. The van der Waals surface area contributed by atoms with Gasteiger partial charge < -0.3 is 5.32 Å². The highest BCUT2D eigenvalue weighted by molar-refractivity contribution is 6.30. The van der Waals surface area contributed by atoms with Crippen molar-refractivity contribution in [2.45, 2.75) is 13.5 Å². The van der Waals surface area contributed by atoms with Crippen molar-refractivity contribution in [1.82, 2.24) is 24.7 Å². The van der Waals surface area contributed by atoms with Crippen molar-refractivity contribution in [3.63, 3.8) is 0 Å². The molecule has 0 saturated carbocycles. The van der Waals surface area contributed by atoms with Crippen LogP contribution >= 0.6 is 11.6 Å². The first-order chi connectivity index (χ1) is 12.2. The van der Waals surface area contributed by atoms with Crippen LogP contribution in [0.2, 0.25) is 5.02 Å². The molecule has 6 nitrogen and oxygen atoms in total. The zero-order valence-electron chi connectivity index (χ0n) is 13.5. The van der Waals surface area contributed by atoms with Crippen molar-refractivity contribution in [3.05, 3.63) is 71.4 Å². The maximum atomic E-state index is 6.05. The van der Waals surface area contributed by atoms with Crippen molar-refractivity contribution >= 4 is 28.5 Å². The summed E-state index contributed by atoms with van der Waals surface area (Å²) >= 11 is 6.05. The van der Waals surface area contributed by atoms with Crippen LogP contribution in [0.15, 0.2) is 55.2 Å². The second-order valence-electron chi connectivity index (χ2n) is 5.66. The van der Waals surface area contributed by atoms with E-state index in [1.165, 1.54) is 6.33 Å². The van der Waals surface area contributed by atoms with Crippen LogP contribution in [0.25, 0.3) is 16.7 Å². The van der Waals surface area contributed by atoms with Crippen LogP contribution in [0.5, 0.6) is 0 Å². The molecule has 1 aromatic carbocycles. The van der Waals surface area contributed by atoms with Crippen LogP contribution in [0.3, 0.4) is 0 Å². The fraction of sp³-hybridized carbons (Fsp3) is 0.111. The van der Waals surface area contributed by atoms with Gasteiger partial charge in [0.15, 0.2) is 5.65 Å². The SMILES string of the molecule is Cc1cc(Cl)ccc1-n1ncc2c(NCc3cccnc3)ncnc21. The number of fused-ring (bicyclic) bond motifs is 1. The highest BCUT2D eigenvalue weighted by atomic mass is 35.5. The number of aryl methyl sites for hydroxylation is 1. The lowest BCUT2D eigenvalue weighted by molar-refractivity contribution is 0.887. The Bertz CT molecular complexity index is 1030. The van der Waals surface area contributed by atoms with Crippen LogP contribution in [0.1, 0.15) is 11.1 Å². The summed E-state index contributed by atoms with van der Waals surface area (Å²) in [5, 5.41) is 9.38. The predicted octanol–water partition coefficient (Wildman–Crippen LogP) is 3.78. The van der Waals surface area contributed by atoms with Gasteiger partial charge in [0.25, 0.3) is 0 Å². The Labute approximate surface area is 149 Å². The molecule has 4 aromatic rings. The maximum Gasteiger partial charge on any atom is 0.168 e. The van der Waals surface area contributed by atoms with Crippen LogP contribution in [-0.4, -0.2) is 24.7 Å². The quantitative estimate of drug-likeness (QED) is 0.606. The summed E-state index contributed by atoms with van der Waals surface area (Å²) in [6, 6.07) is 9.62. The molecule has 0 atom stereocenters. The molecule has 0 aliphatic carbocycles. The Morgan fingerprint density at radius 3 is 2.88 bits per heavy atom. The minimum Gasteiger partial charge on any atom is -0.365 e. The Morgan fingerprint density at radius 1 is 1.16 bits per heavy atom. The molecular weight excluding hydrogens is 336 g/mol. The summed E-state index contributed by atoms with van der Waals surface area (Å²) in [5.41, 5.74) is 3.79. The largest absolute Gasteiger partial charge is 0.365 e. The number of nitrogens with one attached hydrogen (secondary N) is 1. The molecule has 0 spiro atoms. The Balaban J connectivity index is 1.70. The third-order valence-electron chi connectivity index (χ3n) is 3.94. The Hall–Kier alpha value is -2.99. The molecule has 25 heavy (non-hydrogen) atoms. The highest BCUT2D eigenvalue weighted by Gasteiger charge is 2.12. The lowest BCUT2D eigenvalue weighted by atomic mass is 10.2. The van der Waals surface area contributed by atoms with Crippen LogP contribution in [-0.2, 0) is 6.54 Å². The second kappa shape index (κ2) is 6.49. The van der Waals surface area contributed by atoms with Crippen molar-refractivity contribution in [2.24, 2.45) is 0 Å². The third kappa shape index (κ3) is 3.04. The molecule has 0 unspecified atom stereocenters. The van der Waals surface area contributed by atoms with E-state index in [1.807, 2.05) is 43.5 Å². The molecule has 0 radical (unpaired) electrons. The van der Waals surface area contributed by atoms with E-state index in [-0.39, 0.29) is 0 Å². The average molecular weight is 351 g/mol. The van der Waals surface area contributed by atoms with Crippen LogP contribution in [0, 0.1) is 6.92 Å². The smallest absolute Gasteiger partial charge is 0.168 e. The minimum absolute atomic E-state index is 0.630. The molecule has 0 fully saturated rings. The predicted molar refractivity (Wildman–Crippen MR) is 98.0 cm³/mol. The van der Waals surface area contributed by atoms with E-state index in [4.69, 9.17) is 11.6 Å². The zero-order valence-corrected chi connectivity index (χ0v) is 14.3. The van der Waals surface area contributed by atoms with E-state index < -0.39 is 0 Å². The number of benzene rings is 1. The van der Waals surface area contributed by atoms with Gasteiger partial charge in [0.2, 0.25) is 0 Å². The molecule has 3 heterocycles. The maximum absolute atomic E-state index is 6.05. The van der Waals surface area contributed by atoms with E-state index in [1.54, 1.807) is 17.1 Å². The Morgan fingerprint density at radius 2 is 2.08 bits per heavy atom. The number of halogens is 1. The molecular formula is C18H15ClN6. The fourth-order valence-corrected chi connectivity index (χ4v) is 2.93. The standard InChI is InChI=1S/C18H15ClN6/c1-12-7-14(19)4-5-16(12)25-18-15(10-24-25)17(22-11-23-18)21-9-13-3-2-6-20-8-13/h2-8,10-11H,9H2,1H3,(H,21,22,23). The van der Waals surface area contributed by atoms with Gasteiger partial charge in [-0.2, -0.15) is 5.10 Å². The molecule has 3 aromatic heterocycles. The normalized spacial score (nSPS) is 11.0. The third-order valence-corrected chi connectivity index (χ3v) is 4.17. The number of hydrogen-bond donors (Lipinski definition) is 1. The van der Waals surface area contributed by atoms with Gasteiger partial charge in [0.05, 0.1) is 17.3 Å². The van der Waals surface area contributed by atoms with Crippen molar-refractivity contribution in [2.75, 3.05) is 5.32 Å². The van der Waals surface area contributed by atoms with Crippen molar-refractivity contribution < 1.29 is 0 Å². The monoisotopic (exact) mass is 350 g/mol. The lowest BCUT2D eigenvalue weighted by Gasteiger charge is -2.08. The van der Waals surface area contributed by atoms with Gasteiger partial charge in [-0.05, 0) is 42.3 Å². The molecule has 0 aliphatic rings. The van der Waals surface area contributed by atoms with Gasteiger partial charge in [0, 0.05) is 24.0 Å². The molecule has 0 saturated heterocycles. The second-order valence-corrected chi connectivity index (χ2v) is 6.10. The van der Waals surface area contributed by atoms with E-state index in [9.17, 15) is 0 Å². The number of pyridine rings is 1. The number of anilines is 1. The van der Waals surface area contributed by atoms with Gasteiger partial charge in [0.1, 0.15) is 12.1 Å². The summed E-state index contributed by atoms with van der Waals surface area (Å²) < 4.78 is 1.80. The zero-order chi connectivity index (χ0) is 17.2. The van der Waals surface area contributed by atoms with E-state index in [0.717, 1.165) is 33.7 Å². The molecule has 0 aliphatic heterocycles. The van der Waals surface area contributed by atoms with Crippen molar-refractivity contribution in [1.29, 1.82) is 0 Å². The van der Waals surface area contributed by atoms with E-state index in [0.29, 0.717) is 11.6 Å². The van der Waals surface area contributed by atoms with Gasteiger partial charge in [-0.25, -0.2) is 14.6 Å². The summed E-state index contributed by atoms with van der Waals surface area (Å²) in [7, 11) is 0. The van der Waals surface area contributed by atoms with Gasteiger partial charge in [-0.15, -0.1) is 0 Å². The Kier molecular flexibility index (Phi) is 4.03. The first kappa shape index (κ1) is 15.5. The van der Waals surface area contributed by atoms with Gasteiger partial charge in [-0.1, -0.05) is 17.7 Å². The number of nitrogens with zero attached hydrogens (tertiary/aromatic N) is 5. The van der Waals surface area contributed by atoms with Crippen LogP contribution < -0.4 is 5.32 Å². The highest BCUT2D eigenvalue weighted by Crippen LogP contribution is 2.25. The summed E-state index contributed by atoms with van der Waals surface area (Å²) in [4.78, 5) is 12.9. The lowest BCUT2D eigenvalue weighted by Crippen LogP contribution is -2.04. The molecule has 124 valence electrons. The van der Waals surface area contributed by atoms with E-state index >= 15 is 0 Å². The number of aromatic nitrogens is 5. The summed E-state index contributed by atoms with van der Waals surface area (Å²) in [6.07, 6.45) is 6.89. The minimum atomic E-state index is 0.630. The summed E-state index contributed by atoms with van der Waals surface area (Å²) in [5.74, 6) is 0.742. The van der Waals surface area contributed by atoms with E-state index in [2.05, 4.69) is 25.4 Å². The topological polar surface area (TPSA) is 68.5 Å². The summed E-state index contributed by atoms with van der Waals surface area (Å²) in [6.45, 7) is 2.63. The molecule has 7 heteroatoms. The average Bonchev–Trinajstić information content (AvgIpc) is 3.05. The first-order valence-corrected chi connectivity index (χ1v) is 8.18. The fourth-order valence-electron chi connectivity index (χ4n) is 2.71. The van der Waals surface area contributed by atoms with Crippen molar-refractivity contribution in [3.8, 4) is 5.69 Å². The van der Waals surface area contributed by atoms with Gasteiger partial charge in [-0.3, -0.25) is 4.98 Å². The molecule has 0 amide bonds. The molecule has 0 bridgehead atoms. The first-order valence-electron chi connectivity index (χ1n) is 7.80. The number of hydrogen-bond acceptors (Lipinski definition) is 5. The number of rotatable bonds is 4.